The van der Waals surface area contributed by atoms with Gasteiger partial charge in [0, 0.05) is 16.2 Å². The first-order valence-electron chi connectivity index (χ1n) is 3.17. The van der Waals surface area contributed by atoms with Gasteiger partial charge in [-0.15, -0.1) is 0 Å². The molecular formula is C7H5F2N3. The maximum Gasteiger partial charge on any atom is 0.263 e. The fraction of sp³-hybridized carbons (Fsp3) is 0.143. The first kappa shape index (κ1) is 8.49. The van der Waals surface area contributed by atoms with Crippen LogP contribution >= 0.6 is 0 Å². The van der Waals surface area contributed by atoms with Gasteiger partial charge in [-0.25, -0.2) is 8.78 Å². The molecule has 62 valence electrons. The van der Waals surface area contributed by atoms with Gasteiger partial charge in [0.25, 0.3) is 6.43 Å². The zero-order valence-electron chi connectivity index (χ0n) is 5.98. The van der Waals surface area contributed by atoms with Crippen LogP contribution in [0.4, 0.5) is 14.5 Å². The summed E-state index contributed by atoms with van der Waals surface area (Å²) in [6, 6.07) is 5.32. The molecule has 0 spiro atoms. The van der Waals surface area contributed by atoms with Gasteiger partial charge in [0.2, 0.25) is 0 Å². The molecule has 0 aliphatic heterocycles. The second-order valence-corrected chi connectivity index (χ2v) is 2.09. The topological polar surface area (TPSA) is 48.8 Å². The highest BCUT2D eigenvalue weighted by Gasteiger charge is 2.05. The normalized spacial score (nSPS) is 9.58. The minimum atomic E-state index is -2.53. The average Bonchev–Trinajstić information content (AvgIpc) is 2.05. The third kappa shape index (κ3) is 1.93. The van der Waals surface area contributed by atoms with Crippen LogP contribution in [-0.2, 0) is 0 Å². The van der Waals surface area contributed by atoms with Crippen LogP contribution in [0.1, 0.15) is 12.0 Å². The average molecular weight is 169 g/mol. The second-order valence-electron chi connectivity index (χ2n) is 2.09. The quantitative estimate of drug-likeness (QED) is 0.369. The smallest absolute Gasteiger partial charge is 0.205 e. The van der Waals surface area contributed by atoms with E-state index >= 15 is 0 Å². The Labute approximate surface area is 67.3 Å². The first-order valence-corrected chi connectivity index (χ1v) is 3.17. The summed E-state index contributed by atoms with van der Waals surface area (Å²) in [6.45, 7) is 0. The van der Waals surface area contributed by atoms with Gasteiger partial charge in [0.1, 0.15) is 0 Å². The molecule has 0 atom stereocenters. The second kappa shape index (κ2) is 3.69. The molecule has 0 radical (unpaired) electrons. The van der Waals surface area contributed by atoms with E-state index in [0.29, 0.717) is 0 Å². The number of hydrogen-bond donors (Lipinski definition) is 0. The lowest BCUT2D eigenvalue weighted by molar-refractivity contribution is 0.151. The highest BCUT2D eigenvalue weighted by molar-refractivity contribution is 5.40. The van der Waals surface area contributed by atoms with Gasteiger partial charge in [0.05, 0.1) is 0 Å². The summed E-state index contributed by atoms with van der Waals surface area (Å²) in [7, 11) is 0. The van der Waals surface area contributed by atoms with Gasteiger partial charge in [0.15, 0.2) is 0 Å². The van der Waals surface area contributed by atoms with Crippen molar-refractivity contribution in [3.05, 3.63) is 40.3 Å². The lowest BCUT2D eigenvalue weighted by Crippen LogP contribution is -1.81. The van der Waals surface area contributed by atoms with Crippen molar-refractivity contribution < 1.29 is 8.78 Å². The summed E-state index contributed by atoms with van der Waals surface area (Å²) in [5, 5.41) is 3.20. The van der Waals surface area contributed by atoms with Gasteiger partial charge >= 0.3 is 0 Å². The van der Waals surface area contributed by atoms with E-state index in [1.165, 1.54) is 18.2 Å². The zero-order chi connectivity index (χ0) is 8.97. The van der Waals surface area contributed by atoms with Gasteiger partial charge < -0.3 is 0 Å². The van der Waals surface area contributed by atoms with Gasteiger partial charge in [-0.05, 0) is 11.6 Å². The molecule has 0 aromatic heterocycles. The minimum Gasteiger partial charge on any atom is -0.205 e. The zero-order valence-corrected chi connectivity index (χ0v) is 5.98. The molecule has 3 nitrogen and oxygen atoms in total. The largest absolute Gasteiger partial charge is 0.263 e. The Morgan fingerprint density at radius 3 is 2.75 bits per heavy atom. The number of benzene rings is 1. The molecule has 0 saturated carbocycles. The Morgan fingerprint density at radius 2 is 2.17 bits per heavy atom. The molecule has 0 aliphatic rings. The van der Waals surface area contributed by atoms with Crippen molar-refractivity contribution in [2.45, 2.75) is 6.43 Å². The van der Waals surface area contributed by atoms with Gasteiger partial charge in [-0.3, -0.25) is 0 Å². The van der Waals surface area contributed by atoms with Crippen LogP contribution in [0, 0.1) is 0 Å². The highest BCUT2D eigenvalue weighted by atomic mass is 19.3. The third-order valence-electron chi connectivity index (χ3n) is 1.28. The molecule has 0 fully saturated rings. The summed E-state index contributed by atoms with van der Waals surface area (Å²) in [6.07, 6.45) is -2.53. The van der Waals surface area contributed by atoms with E-state index in [-0.39, 0.29) is 11.3 Å². The predicted octanol–water partition coefficient (Wildman–Crippen LogP) is 3.57. The van der Waals surface area contributed by atoms with Crippen LogP contribution in [-0.4, -0.2) is 0 Å². The van der Waals surface area contributed by atoms with Crippen molar-refractivity contribution in [3.63, 3.8) is 0 Å². The SMILES string of the molecule is [N-]=[N+]=Nc1cccc(C(F)F)c1. The van der Waals surface area contributed by atoms with Crippen molar-refractivity contribution in [3.8, 4) is 0 Å². The molecule has 1 aromatic rings. The molecule has 0 saturated heterocycles. The summed E-state index contributed by atoms with van der Waals surface area (Å²) >= 11 is 0. The lowest BCUT2D eigenvalue weighted by Gasteiger charge is -1.98. The molecule has 1 rings (SSSR count). The number of hydrogen-bond acceptors (Lipinski definition) is 1. The number of nitrogens with zero attached hydrogens (tertiary/aromatic N) is 3. The molecule has 0 bridgehead atoms. The number of rotatable bonds is 2. The summed E-state index contributed by atoms with van der Waals surface area (Å²) in [5.41, 5.74) is 8.09. The standard InChI is InChI=1S/C7H5F2N3/c8-7(9)5-2-1-3-6(4-5)11-12-10/h1-4,7H. The van der Waals surface area contributed by atoms with Crippen molar-refractivity contribution >= 4 is 5.69 Å². The Kier molecular flexibility index (Phi) is 2.61. The summed E-state index contributed by atoms with van der Waals surface area (Å²) in [5.74, 6) is 0. The maximum atomic E-state index is 12.1. The van der Waals surface area contributed by atoms with E-state index in [9.17, 15) is 8.78 Å². The van der Waals surface area contributed by atoms with Gasteiger partial charge in [-0.1, -0.05) is 23.3 Å². The minimum absolute atomic E-state index is 0.139. The molecule has 0 amide bonds. The van der Waals surface area contributed by atoms with Crippen molar-refractivity contribution in [1.82, 2.24) is 0 Å². The molecule has 0 unspecified atom stereocenters. The van der Waals surface area contributed by atoms with Crippen LogP contribution in [0.15, 0.2) is 29.4 Å². The fourth-order valence-corrected chi connectivity index (χ4v) is 0.774. The van der Waals surface area contributed by atoms with Crippen molar-refractivity contribution in [1.29, 1.82) is 0 Å². The Balaban J connectivity index is 3.03. The van der Waals surface area contributed by atoms with E-state index in [2.05, 4.69) is 10.0 Å². The van der Waals surface area contributed by atoms with Crippen LogP contribution in [0.3, 0.4) is 0 Å². The van der Waals surface area contributed by atoms with Crippen molar-refractivity contribution in [2.75, 3.05) is 0 Å². The Bertz CT molecular complexity index is 318. The van der Waals surface area contributed by atoms with E-state index in [1.54, 1.807) is 0 Å². The number of azide groups is 1. The van der Waals surface area contributed by atoms with Crippen LogP contribution in [0.25, 0.3) is 10.4 Å². The molecule has 5 heteroatoms. The van der Waals surface area contributed by atoms with Gasteiger partial charge in [-0.2, -0.15) is 0 Å². The lowest BCUT2D eigenvalue weighted by atomic mass is 10.2. The van der Waals surface area contributed by atoms with E-state index in [0.717, 1.165) is 6.07 Å². The first-order chi connectivity index (χ1) is 5.74. The molecule has 0 heterocycles. The van der Waals surface area contributed by atoms with E-state index in [1.807, 2.05) is 0 Å². The molecule has 0 aliphatic carbocycles. The van der Waals surface area contributed by atoms with Crippen LogP contribution in [0.5, 0.6) is 0 Å². The van der Waals surface area contributed by atoms with E-state index < -0.39 is 6.43 Å². The Hall–Kier alpha value is -1.61. The maximum absolute atomic E-state index is 12.1. The highest BCUT2D eigenvalue weighted by Crippen LogP contribution is 2.22. The molecular weight excluding hydrogens is 164 g/mol. The van der Waals surface area contributed by atoms with E-state index in [4.69, 9.17) is 5.53 Å². The fourth-order valence-electron chi connectivity index (χ4n) is 0.774. The number of halogens is 2. The molecule has 0 N–H and O–H groups in total. The third-order valence-corrected chi connectivity index (χ3v) is 1.28. The summed E-state index contributed by atoms with van der Waals surface area (Å²) < 4.78 is 24.1. The van der Waals surface area contributed by atoms with Crippen LogP contribution in [0.2, 0.25) is 0 Å². The van der Waals surface area contributed by atoms with Crippen LogP contribution < -0.4 is 0 Å². The number of alkyl halides is 2. The Morgan fingerprint density at radius 1 is 1.42 bits per heavy atom. The molecule has 1 aromatic carbocycles. The molecule has 12 heavy (non-hydrogen) atoms. The van der Waals surface area contributed by atoms with Crippen molar-refractivity contribution in [2.24, 2.45) is 5.11 Å². The monoisotopic (exact) mass is 169 g/mol. The summed E-state index contributed by atoms with van der Waals surface area (Å²) in [4.78, 5) is 2.49. The predicted molar refractivity (Wildman–Crippen MR) is 40.2 cm³/mol.